The van der Waals surface area contributed by atoms with Gasteiger partial charge in [0.2, 0.25) is 0 Å². The molecule has 94 valence electrons. The van der Waals surface area contributed by atoms with Gasteiger partial charge in [-0.25, -0.2) is 0 Å². The molecule has 0 aromatic heterocycles. The van der Waals surface area contributed by atoms with Crippen LogP contribution in [0.2, 0.25) is 0 Å². The normalized spacial score (nSPS) is 18.2. The van der Waals surface area contributed by atoms with Crippen LogP contribution in [0.15, 0.2) is 0 Å². The Kier molecular flexibility index (Phi) is 5.77. The second-order valence-electron chi connectivity index (χ2n) is 4.61. The topological polar surface area (TPSA) is 55.6 Å². The average Bonchev–Trinajstić information content (AvgIpc) is 2.25. The van der Waals surface area contributed by atoms with Gasteiger partial charge < -0.3 is 15.4 Å². The fourth-order valence-corrected chi connectivity index (χ4v) is 2.01. The van der Waals surface area contributed by atoms with Gasteiger partial charge in [-0.05, 0) is 31.7 Å². The standard InChI is InChI=1S/C12H24N2O2/c1-3-14(9-10-5-4-6-10)8-7-11(13)12(15)16-2/h10-11H,3-9,13H2,1-2H3. The summed E-state index contributed by atoms with van der Waals surface area (Å²) in [5.41, 5.74) is 5.71. The van der Waals surface area contributed by atoms with Crippen molar-refractivity contribution >= 4 is 5.97 Å². The zero-order chi connectivity index (χ0) is 12.0. The summed E-state index contributed by atoms with van der Waals surface area (Å²) in [4.78, 5) is 13.5. The Bertz CT molecular complexity index is 217. The number of rotatable bonds is 7. The number of hydrogen-bond donors (Lipinski definition) is 1. The van der Waals surface area contributed by atoms with Gasteiger partial charge in [0, 0.05) is 13.1 Å². The van der Waals surface area contributed by atoms with Crippen molar-refractivity contribution in [3.8, 4) is 0 Å². The SMILES string of the molecule is CCN(CCC(N)C(=O)OC)CC1CCC1. The lowest BCUT2D eigenvalue weighted by Gasteiger charge is -2.32. The van der Waals surface area contributed by atoms with Crippen LogP contribution in [-0.2, 0) is 9.53 Å². The second-order valence-corrected chi connectivity index (χ2v) is 4.61. The summed E-state index contributed by atoms with van der Waals surface area (Å²) < 4.78 is 4.61. The van der Waals surface area contributed by atoms with Gasteiger partial charge in [-0.2, -0.15) is 0 Å². The highest BCUT2D eigenvalue weighted by Crippen LogP contribution is 2.27. The van der Waals surface area contributed by atoms with Crippen molar-refractivity contribution in [2.24, 2.45) is 11.7 Å². The Morgan fingerprint density at radius 3 is 2.69 bits per heavy atom. The maximum atomic E-state index is 11.1. The number of nitrogens with two attached hydrogens (primary N) is 1. The molecule has 0 bridgehead atoms. The molecule has 0 aliphatic heterocycles. The first-order valence-electron chi connectivity index (χ1n) is 6.23. The van der Waals surface area contributed by atoms with E-state index in [0.717, 1.165) is 25.6 Å². The number of ether oxygens (including phenoxy) is 1. The van der Waals surface area contributed by atoms with E-state index in [1.807, 2.05) is 0 Å². The third kappa shape index (κ3) is 4.10. The van der Waals surface area contributed by atoms with Crippen molar-refractivity contribution in [1.82, 2.24) is 4.90 Å². The van der Waals surface area contributed by atoms with E-state index in [-0.39, 0.29) is 5.97 Å². The summed E-state index contributed by atoms with van der Waals surface area (Å²) in [5, 5.41) is 0. The number of methoxy groups -OCH3 is 1. The first kappa shape index (κ1) is 13.5. The molecular weight excluding hydrogens is 204 g/mol. The number of carbonyl (C=O) groups is 1. The summed E-state index contributed by atoms with van der Waals surface area (Å²) in [6.07, 6.45) is 4.79. The van der Waals surface area contributed by atoms with Gasteiger partial charge in [-0.3, -0.25) is 4.79 Å². The highest BCUT2D eigenvalue weighted by atomic mass is 16.5. The molecule has 1 aliphatic carbocycles. The summed E-state index contributed by atoms with van der Waals surface area (Å²) in [6, 6.07) is -0.472. The van der Waals surface area contributed by atoms with Gasteiger partial charge >= 0.3 is 5.97 Å². The van der Waals surface area contributed by atoms with Gasteiger partial charge in [0.1, 0.15) is 6.04 Å². The number of hydrogen-bond acceptors (Lipinski definition) is 4. The Labute approximate surface area is 98.1 Å². The minimum atomic E-state index is -0.472. The molecule has 1 rings (SSSR count). The molecule has 1 unspecified atom stereocenters. The molecule has 1 atom stereocenters. The molecule has 0 aromatic carbocycles. The third-order valence-electron chi connectivity index (χ3n) is 3.45. The molecule has 1 saturated carbocycles. The Morgan fingerprint density at radius 1 is 1.56 bits per heavy atom. The molecular formula is C12H24N2O2. The number of carbonyl (C=O) groups excluding carboxylic acids is 1. The molecule has 4 nitrogen and oxygen atoms in total. The predicted octanol–water partition coefficient (Wildman–Crippen LogP) is 0.999. The van der Waals surface area contributed by atoms with Gasteiger partial charge in [-0.15, -0.1) is 0 Å². The van der Waals surface area contributed by atoms with E-state index < -0.39 is 6.04 Å². The fourth-order valence-electron chi connectivity index (χ4n) is 2.01. The Morgan fingerprint density at radius 2 is 2.25 bits per heavy atom. The van der Waals surface area contributed by atoms with Crippen LogP contribution in [0.5, 0.6) is 0 Å². The molecule has 1 aliphatic rings. The van der Waals surface area contributed by atoms with Gasteiger partial charge in [-0.1, -0.05) is 13.3 Å². The molecule has 4 heteroatoms. The lowest BCUT2D eigenvalue weighted by atomic mass is 9.85. The maximum absolute atomic E-state index is 11.1. The lowest BCUT2D eigenvalue weighted by molar-refractivity contribution is -0.142. The zero-order valence-corrected chi connectivity index (χ0v) is 10.4. The monoisotopic (exact) mass is 228 g/mol. The second kappa shape index (κ2) is 6.86. The molecule has 0 amide bonds. The zero-order valence-electron chi connectivity index (χ0n) is 10.4. The fraction of sp³-hybridized carbons (Fsp3) is 0.917. The van der Waals surface area contributed by atoms with Crippen LogP contribution in [0.1, 0.15) is 32.6 Å². The molecule has 0 saturated heterocycles. The van der Waals surface area contributed by atoms with Crippen LogP contribution in [-0.4, -0.2) is 43.7 Å². The van der Waals surface area contributed by atoms with Gasteiger partial charge in [0.05, 0.1) is 7.11 Å². The first-order valence-corrected chi connectivity index (χ1v) is 6.23. The summed E-state index contributed by atoms with van der Waals surface area (Å²) in [5.74, 6) is 0.564. The van der Waals surface area contributed by atoms with E-state index in [2.05, 4.69) is 16.6 Å². The van der Waals surface area contributed by atoms with E-state index in [1.54, 1.807) is 0 Å². The Balaban J connectivity index is 2.19. The van der Waals surface area contributed by atoms with E-state index in [4.69, 9.17) is 5.73 Å². The van der Waals surface area contributed by atoms with Crippen LogP contribution < -0.4 is 5.73 Å². The lowest BCUT2D eigenvalue weighted by Crippen LogP contribution is -2.38. The predicted molar refractivity (Wildman–Crippen MR) is 64.1 cm³/mol. The third-order valence-corrected chi connectivity index (χ3v) is 3.45. The van der Waals surface area contributed by atoms with Crippen molar-refractivity contribution in [1.29, 1.82) is 0 Å². The van der Waals surface area contributed by atoms with E-state index in [9.17, 15) is 4.79 Å². The van der Waals surface area contributed by atoms with Gasteiger partial charge in [0.15, 0.2) is 0 Å². The van der Waals surface area contributed by atoms with Crippen LogP contribution >= 0.6 is 0 Å². The summed E-state index contributed by atoms with van der Waals surface area (Å²) in [7, 11) is 1.38. The largest absolute Gasteiger partial charge is 0.468 e. The molecule has 16 heavy (non-hydrogen) atoms. The minimum absolute atomic E-state index is 0.306. The van der Waals surface area contributed by atoms with E-state index >= 15 is 0 Å². The molecule has 1 fully saturated rings. The minimum Gasteiger partial charge on any atom is -0.468 e. The first-order chi connectivity index (χ1) is 7.67. The van der Waals surface area contributed by atoms with Crippen LogP contribution in [0.3, 0.4) is 0 Å². The molecule has 0 heterocycles. The van der Waals surface area contributed by atoms with E-state index in [1.165, 1.54) is 26.4 Å². The molecule has 0 radical (unpaired) electrons. The quantitative estimate of drug-likeness (QED) is 0.660. The molecule has 0 spiro atoms. The Hall–Kier alpha value is -0.610. The van der Waals surface area contributed by atoms with Crippen molar-refractivity contribution in [2.75, 3.05) is 26.7 Å². The highest BCUT2D eigenvalue weighted by Gasteiger charge is 2.21. The van der Waals surface area contributed by atoms with Crippen LogP contribution in [0, 0.1) is 5.92 Å². The average molecular weight is 228 g/mol. The van der Waals surface area contributed by atoms with Crippen molar-refractivity contribution in [3.05, 3.63) is 0 Å². The van der Waals surface area contributed by atoms with E-state index in [0.29, 0.717) is 6.42 Å². The number of nitrogens with zero attached hydrogens (tertiary/aromatic N) is 1. The number of esters is 1. The van der Waals surface area contributed by atoms with Crippen molar-refractivity contribution in [2.45, 2.75) is 38.6 Å². The maximum Gasteiger partial charge on any atom is 0.322 e. The van der Waals surface area contributed by atoms with Crippen LogP contribution in [0.4, 0.5) is 0 Å². The molecule has 2 N–H and O–H groups in total. The molecule has 0 aromatic rings. The highest BCUT2D eigenvalue weighted by molar-refractivity contribution is 5.75. The summed E-state index contributed by atoms with van der Waals surface area (Å²) in [6.45, 7) is 5.24. The van der Waals surface area contributed by atoms with Crippen LogP contribution in [0.25, 0.3) is 0 Å². The summed E-state index contributed by atoms with van der Waals surface area (Å²) >= 11 is 0. The van der Waals surface area contributed by atoms with Crippen molar-refractivity contribution in [3.63, 3.8) is 0 Å². The van der Waals surface area contributed by atoms with Crippen molar-refractivity contribution < 1.29 is 9.53 Å². The smallest absolute Gasteiger partial charge is 0.322 e. The van der Waals surface area contributed by atoms with Gasteiger partial charge in [0.25, 0.3) is 0 Å².